The fourth-order valence-electron chi connectivity index (χ4n) is 1.18. The average Bonchev–Trinajstić information content (AvgIpc) is 2.31. The van der Waals surface area contributed by atoms with E-state index in [2.05, 4.69) is 21.2 Å². The summed E-state index contributed by atoms with van der Waals surface area (Å²) in [6.07, 6.45) is 0. The van der Waals surface area contributed by atoms with E-state index in [0.717, 1.165) is 6.07 Å². The summed E-state index contributed by atoms with van der Waals surface area (Å²) < 4.78 is 18.3. The normalized spacial score (nSPS) is 10.1. The van der Waals surface area contributed by atoms with Crippen LogP contribution < -0.4 is 11.1 Å². The highest BCUT2D eigenvalue weighted by molar-refractivity contribution is 9.10. The van der Waals surface area contributed by atoms with Gasteiger partial charge in [-0.15, -0.1) is 0 Å². The van der Waals surface area contributed by atoms with Gasteiger partial charge in [0.25, 0.3) is 5.91 Å². The summed E-state index contributed by atoms with van der Waals surface area (Å²) in [6, 6.07) is 3.83. The van der Waals surface area contributed by atoms with Crippen LogP contribution in [0.5, 0.6) is 0 Å². The van der Waals surface area contributed by atoms with Crippen molar-refractivity contribution >= 4 is 27.7 Å². The number of nitrogens with one attached hydrogen (secondary N) is 1. The van der Waals surface area contributed by atoms with E-state index in [4.69, 9.17) is 10.5 Å². The Morgan fingerprint density at radius 2 is 2.17 bits per heavy atom. The van der Waals surface area contributed by atoms with Gasteiger partial charge in [0.1, 0.15) is 12.4 Å². The first-order valence-electron chi connectivity index (χ1n) is 5.10. The number of primary amides is 1. The molecule has 2 amide bonds. The van der Waals surface area contributed by atoms with Crippen LogP contribution in [0.1, 0.15) is 10.4 Å². The molecule has 0 aliphatic heterocycles. The van der Waals surface area contributed by atoms with Crippen LogP contribution in [0.15, 0.2) is 22.7 Å². The van der Waals surface area contributed by atoms with E-state index in [1.807, 2.05) is 0 Å². The Morgan fingerprint density at radius 3 is 2.83 bits per heavy atom. The fraction of sp³-hybridized carbons (Fsp3) is 0.273. The smallest absolute Gasteiger partial charge is 0.252 e. The predicted octanol–water partition coefficient (Wildman–Crippen LogP) is 0.820. The second-order valence-corrected chi connectivity index (χ2v) is 4.25. The number of amides is 2. The number of ether oxygens (including phenoxy) is 1. The van der Waals surface area contributed by atoms with Gasteiger partial charge in [-0.05, 0) is 34.1 Å². The summed E-state index contributed by atoms with van der Waals surface area (Å²) in [5, 5.41) is 2.53. The van der Waals surface area contributed by atoms with Crippen molar-refractivity contribution in [2.24, 2.45) is 5.73 Å². The van der Waals surface area contributed by atoms with Gasteiger partial charge >= 0.3 is 0 Å². The minimum absolute atomic E-state index is 0.154. The van der Waals surface area contributed by atoms with Gasteiger partial charge in [0.05, 0.1) is 12.2 Å². The zero-order valence-corrected chi connectivity index (χ0v) is 11.0. The van der Waals surface area contributed by atoms with Crippen molar-refractivity contribution in [2.45, 2.75) is 0 Å². The zero-order valence-electron chi connectivity index (χ0n) is 9.41. The molecule has 1 rings (SSSR count). The quantitative estimate of drug-likeness (QED) is 0.762. The number of hydrogen-bond donors (Lipinski definition) is 2. The molecule has 0 aliphatic carbocycles. The van der Waals surface area contributed by atoms with Crippen molar-refractivity contribution in [3.8, 4) is 0 Å². The zero-order chi connectivity index (χ0) is 13.5. The molecule has 5 nitrogen and oxygen atoms in total. The van der Waals surface area contributed by atoms with E-state index < -0.39 is 17.6 Å². The van der Waals surface area contributed by atoms with E-state index in [1.54, 1.807) is 0 Å². The second-order valence-electron chi connectivity index (χ2n) is 3.40. The Labute approximate surface area is 112 Å². The third kappa shape index (κ3) is 4.80. The molecule has 0 spiro atoms. The average molecular weight is 319 g/mol. The number of nitrogens with two attached hydrogens (primary N) is 1. The van der Waals surface area contributed by atoms with Crippen molar-refractivity contribution in [3.63, 3.8) is 0 Å². The van der Waals surface area contributed by atoms with Crippen LogP contribution >= 0.6 is 15.9 Å². The van der Waals surface area contributed by atoms with Crippen molar-refractivity contribution in [3.05, 3.63) is 34.1 Å². The number of carbonyl (C=O) groups excluding carboxylic acids is 2. The summed E-state index contributed by atoms with van der Waals surface area (Å²) >= 11 is 3.15. The first-order chi connectivity index (χ1) is 8.50. The molecule has 1 aromatic rings. The standard InChI is InChI=1S/C11H12BrFN2O3/c12-9-2-1-7(13)5-8(9)11(17)15-3-4-18-6-10(14)16/h1-2,5H,3-4,6H2,(H2,14,16)(H,15,17). The molecule has 18 heavy (non-hydrogen) atoms. The van der Waals surface area contributed by atoms with Crippen LogP contribution in [-0.4, -0.2) is 31.6 Å². The fourth-order valence-corrected chi connectivity index (χ4v) is 1.60. The van der Waals surface area contributed by atoms with Crippen molar-refractivity contribution in [2.75, 3.05) is 19.8 Å². The maximum atomic E-state index is 13.0. The van der Waals surface area contributed by atoms with E-state index in [0.29, 0.717) is 4.47 Å². The van der Waals surface area contributed by atoms with Gasteiger partial charge in [-0.1, -0.05) is 0 Å². The van der Waals surface area contributed by atoms with Crippen LogP contribution in [-0.2, 0) is 9.53 Å². The predicted molar refractivity (Wildman–Crippen MR) is 66.4 cm³/mol. The highest BCUT2D eigenvalue weighted by Gasteiger charge is 2.10. The Hall–Kier alpha value is -1.47. The molecule has 0 bridgehead atoms. The van der Waals surface area contributed by atoms with E-state index in [9.17, 15) is 14.0 Å². The highest BCUT2D eigenvalue weighted by atomic mass is 79.9. The molecule has 0 radical (unpaired) electrons. The monoisotopic (exact) mass is 318 g/mol. The number of rotatable bonds is 6. The molecule has 0 atom stereocenters. The largest absolute Gasteiger partial charge is 0.370 e. The maximum Gasteiger partial charge on any atom is 0.252 e. The molecule has 0 saturated carbocycles. The summed E-state index contributed by atoms with van der Waals surface area (Å²) in [4.78, 5) is 22.0. The van der Waals surface area contributed by atoms with E-state index >= 15 is 0 Å². The molecule has 3 N–H and O–H groups in total. The van der Waals surface area contributed by atoms with Crippen LogP contribution in [0.2, 0.25) is 0 Å². The molecule has 98 valence electrons. The lowest BCUT2D eigenvalue weighted by molar-refractivity contribution is -0.122. The van der Waals surface area contributed by atoms with Crippen molar-refractivity contribution < 1.29 is 18.7 Å². The minimum atomic E-state index is -0.575. The van der Waals surface area contributed by atoms with Gasteiger partial charge in [0.15, 0.2) is 0 Å². The SMILES string of the molecule is NC(=O)COCCNC(=O)c1cc(F)ccc1Br. The van der Waals surface area contributed by atoms with Crippen LogP contribution in [0.3, 0.4) is 0 Å². The third-order valence-corrected chi connectivity index (χ3v) is 2.64. The van der Waals surface area contributed by atoms with Gasteiger partial charge in [-0.25, -0.2) is 4.39 Å². The molecule has 7 heteroatoms. The van der Waals surface area contributed by atoms with Gasteiger partial charge in [-0.2, -0.15) is 0 Å². The molecular weight excluding hydrogens is 307 g/mol. The lowest BCUT2D eigenvalue weighted by atomic mass is 10.2. The molecule has 0 aromatic heterocycles. The number of halogens is 2. The van der Waals surface area contributed by atoms with Gasteiger partial charge in [0.2, 0.25) is 5.91 Å². The maximum absolute atomic E-state index is 13.0. The number of carbonyl (C=O) groups is 2. The van der Waals surface area contributed by atoms with Gasteiger partial charge in [0, 0.05) is 11.0 Å². The van der Waals surface area contributed by atoms with Gasteiger partial charge in [-0.3, -0.25) is 9.59 Å². The lowest BCUT2D eigenvalue weighted by Gasteiger charge is -2.07. The molecular formula is C11H12BrFN2O3. The molecule has 0 aliphatic rings. The van der Waals surface area contributed by atoms with Gasteiger partial charge < -0.3 is 15.8 Å². The van der Waals surface area contributed by atoms with Crippen molar-refractivity contribution in [1.82, 2.24) is 5.32 Å². The Kier molecular flexibility index (Phi) is 5.73. The molecule has 0 saturated heterocycles. The topological polar surface area (TPSA) is 81.4 Å². The molecule has 0 unspecified atom stereocenters. The van der Waals surface area contributed by atoms with E-state index in [1.165, 1.54) is 12.1 Å². The first kappa shape index (κ1) is 14.6. The summed E-state index contributed by atoms with van der Waals surface area (Å²) in [6.45, 7) is 0.163. The third-order valence-electron chi connectivity index (χ3n) is 1.95. The highest BCUT2D eigenvalue weighted by Crippen LogP contribution is 2.17. The van der Waals surface area contributed by atoms with E-state index in [-0.39, 0.29) is 25.3 Å². The Bertz CT molecular complexity index is 454. The van der Waals surface area contributed by atoms with Crippen LogP contribution in [0.4, 0.5) is 4.39 Å². The number of hydrogen-bond acceptors (Lipinski definition) is 3. The molecule has 0 fully saturated rings. The minimum Gasteiger partial charge on any atom is -0.370 e. The Morgan fingerprint density at radius 1 is 1.44 bits per heavy atom. The van der Waals surface area contributed by atoms with Crippen LogP contribution in [0.25, 0.3) is 0 Å². The summed E-state index contributed by atoms with van der Waals surface area (Å²) in [7, 11) is 0. The Balaban J connectivity index is 2.41. The lowest BCUT2D eigenvalue weighted by Crippen LogP contribution is -2.29. The van der Waals surface area contributed by atoms with Crippen molar-refractivity contribution in [1.29, 1.82) is 0 Å². The summed E-state index contributed by atoms with van der Waals surface area (Å²) in [5.41, 5.74) is 5.06. The van der Waals surface area contributed by atoms with Crippen LogP contribution in [0, 0.1) is 5.82 Å². The molecule has 1 aromatic carbocycles. The molecule has 0 heterocycles. The summed E-state index contributed by atoms with van der Waals surface area (Å²) in [5.74, 6) is -1.49. The number of benzene rings is 1. The second kappa shape index (κ2) is 7.07. The first-order valence-corrected chi connectivity index (χ1v) is 5.89.